The van der Waals surface area contributed by atoms with E-state index >= 15 is 0 Å². The molecule has 0 spiro atoms. The van der Waals surface area contributed by atoms with Gasteiger partial charge in [0.05, 0.1) is 0 Å². The number of amides is 1. The van der Waals surface area contributed by atoms with Crippen molar-refractivity contribution in [3.63, 3.8) is 0 Å². The molecule has 26 heavy (non-hydrogen) atoms. The number of aromatic nitrogens is 2. The molecule has 0 saturated carbocycles. The van der Waals surface area contributed by atoms with Crippen LogP contribution in [0.2, 0.25) is 0 Å². The van der Waals surface area contributed by atoms with Gasteiger partial charge in [0, 0.05) is 25.7 Å². The van der Waals surface area contributed by atoms with E-state index in [4.69, 9.17) is 9.47 Å². The zero-order chi connectivity index (χ0) is 17.9. The molecule has 0 radical (unpaired) electrons. The molecule has 1 amide bonds. The van der Waals surface area contributed by atoms with Crippen molar-refractivity contribution in [2.75, 3.05) is 24.8 Å². The van der Waals surface area contributed by atoms with Crippen LogP contribution in [-0.4, -0.2) is 35.8 Å². The Morgan fingerprint density at radius 3 is 2.77 bits per heavy atom. The average molecular weight is 354 g/mol. The molecule has 7 heteroatoms. The maximum Gasteiger partial charge on any atom is 0.270 e. The zero-order valence-corrected chi connectivity index (χ0v) is 14.8. The number of rotatable bonds is 4. The Bertz CT molecular complexity index is 818. The molecule has 136 valence electrons. The summed E-state index contributed by atoms with van der Waals surface area (Å²) in [6, 6.07) is 7.44. The molecule has 7 nitrogen and oxygen atoms in total. The Morgan fingerprint density at radius 2 is 1.92 bits per heavy atom. The van der Waals surface area contributed by atoms with Crippen molar-refractivity contribution in [2.45, 2.75) is 32.7 Å². The number of benzene rings is 1. The van der Waals surface area contributed by atoms with Crippen LogP contribution in [0.5, 0.6) is 11.5 Å². The Labute approximate surface area is 152 Å². The molecule has 1 fully saturated rings. The van der Waals surface area contributed by atoms with Crippen LogP contribution in [0.3, 0.4) is 0 Å². The number of fused-ring (bicyclic) bond motifs is 1. The van der Waals surface area contributed by atoms with E-state index in [9.17, 15) is 4.79 Å². The molecular weight excluding hydrogens is 332 g/mol. The van der Waals surface area contributed by atoms with Crippen LogP contribution in [0, 0.1) is 6.92 Å². The van der Waals surface area contributed by atoms with E-state index in [1.807, 2.05) is 25.1 Å². The fourth-order valence-electron chi connectivity index (χ4n) is 3.28. The molecule has 3 heterocycles. The minimum Gasteiger partial charge on any atom is -0.454 e. The standard InChI is InChI=1S/C19H22N4O3/c1-13-21-15(10-18(22-13)23-7-3-2-4-8-23)19(24)20-11-14-5-6-16-17(9-14)26-12-25-16/h5-6,9-10H,2-4,7-8,11-12H2,1H3,(H,20,24). The molecule has 0 atom stereocenters. The van der Waals surface area contributed by atoms with E-state index in [0.717, 1.165) is 43.1 Å². The summed E-state index contributed by atoms with van der Waals surface area (Å²) in [7, 11) is 0. The average Bonchev–Trinajstić information content (AvgIpc) is 3.14. The fourth-order valence-corrected chi connectivity index (χ4v) is 3.28. The van der Waals surface area contributed by atoms with Crippen molar-refractivity contribution in [1.29, 1.82) is 0 Å². The van der Waals surface area contributed by atoms with E-state index in [-0.39, 0.29) is 12.7 Å². The fraction of sp³-hybridized carbons (Fsp3) is 0.421. The smallest absolute Gasteiger partial charge is 0.270 e. The molecule has 0 aliphatic carbocycles. The Kier molecular flexibility index (Phi) is 4.60. The summed E-state index contributed by atoms with van der Waals surface area (Å²) < 4.78 is 10.7. The molecule has 0 bridgehead atoms. The molecule has 2 aromatic rings. The van der Waals surface area contributed by atoms with Crippen molar-refractivity contribution in [2.24, 2.45) is 0 Å². The van der Waals surface area contributed by atoms with Gasteiger partial charge in [0.1, 0.15) is 17.3 Å². The van der Waals surface area contributed by atoms with Crippen molar-refractivity contribution < 1.29 is 14.3 Å². The highest BCUT2D eigenvalue weighted by Crippen LogP contribution is 2.32. The Balaban J connectivity index is 1.45. The van der Waals surface area contributed by atoms with E-state index in [0.29, 0.717) is 23.8 Å². The van der Waals surface area contributed by atoms with Crippen LogP contribution < -0.4 is 19.7 Å². The Hall–Kier alpha value is -2.83. The first-order valence-corrected chi connectivity index (χ1v) is 8.96. The van der Waals surface area contributed by atoms with Crippen LogP contribution in [-0.2, 0) is 6.54 Å². The number of hydrogen-bond acceptors (Lipinski definition) is 6. The van der Waals surface area contributed by atoms with Gasteiger partial charge in [0.2, 0.25) is 6.79 Å². The third kappa shape index (κ3) is 3.56. The molecule has 1 aromatic heterocycles. The highest BCUT2D eigenvalue weighted by Gasteiger charge is 2.17. The number of hydrogen-bond donors (Lipinski definition) is 1. The maximum absolute atomic E-state index is 12.6. The first-order chi connectivity index (χ1) is 12.7. The normalized spacial score (nSPS) is 15.8. The lowest BCUT2D eigenvalue weighted by molar-refractivity contribution is 0.0945. The van der Waals surface area contributed by atoms with Crippen LogP contribution in [0.15, 0.2) is 24.3 Å². The summed E-state index contributed by atoms with van der Waals surface area (Å²) in [4.78, 5) is 23.6. The van der Waals surface area contributed by atoms with Crippen molar-refractivity contribution in [3.05, 3.63) is 41.3 Å². The summed E-state index contributed by atoms with van der Waals surface area (Å²) in [5.41, 5.74) is 1.35. The van der Waals surface area contributed by atoms with Gasteiger partial charge in [-0.25, -0.2) is 9.97 Å². The van der Waals surface area contributed by atoms with Gasteiger partial charge < -0.3 is 19.7 Å². The van der Waals surface area contributed by atoms with Crippen molar-refractivity contribution in [1.82, 2.24) is 15.3 Å². The zero-order valence-electron chi connectivity index (χ0n) is 14.8. The second-order valence-electron chi connectivity index (χ2n) is 6.58. The minimum atomic E-state index is -0.202. The summed E-state index contributed by atoms with van der Waals surface area (Å²) >= 11 is 0. The van der Waals surface area contributed by atoms with Crippen LogP contribution in [0.1, 0.15) is 41.1 Å². The lowest BCUT2D eigenvalue weighted by Crippen LogP contribution is -2.31. The molecule has 4 rings (SSSR count). The van der Waals surface area contributed by atoms with Crippen LogP contribution >= 0.6 is 0 Å². The lowest BCUT2D eigenvalue weighted by atomic mass is 10.1. The molecule has 1 aromatic carbocycles. The van der Waals surface area contributed by atoms with E-state index in [1.165, 1.54) is 6.42 Å². The van der Waals surface area contributed by atoms with Gasteiger partial charge in [-0.05, 0) is 43.9 Å². The SMILES string of the molecule is Cc1nc(C(=O)NCc2ccc3c(c2)OCO3)cc(N2CCCCC2)n1. The van der Waals surface area contributed by atoms with Gasteiger partial charge in [0.25, 0.3) is 5.91 Å². The van der Waals surface area contributed by atoms with Gasteiger partial charge in [-0.2, -0.15) is 0 Å². The highest BCUT2D eigenvalue weighted by atomic mass is 16.7. The number of carbonyl (C=O) groups is 1. The third-order valence-electron chi connectivity index (χ3n) is 4.63. The first-order valence-electron chi connectivity index (χ1n) is 8.96. The molecule has 0 unspecified atom stereocenters. The predicted molar refractivity (Wildman–Crippen MR) is 96.6 cm³/mol. The number of anilines is 1. The number of carbonyl (C=O) groups excluding carboxylic acids is 1. The molecule has 2 aliphatic rings. The number of ether oxygens (including phenoxy) is 2. The van der Waals surface area contributed by atoms with Gasteiger partial charge in [-0.3, -0.25) is 4.79 Å². The van der Waals surface area contributed by atoms with Gasteiger partial charge in [-0.15, -0.1) is 0 Å². The second-order valence-corrected chi connectivity index (χ2v) is 6.58. The number of piperidine rings is 1. The molecular formula is C19H22N4O3. The predicted octanol–water partition coefficient (Wildman–Crippen LogP) is 2.43. The number of aryl methyl sites for hydroxylation is 1. The monoisotopic (exact) mass is 354 g/mol. The minimum absolute atomic E-state index is 0.202. The van der Waals surface area contributed by atoms with Gasteiger partial charge >= 0.3 is 0 Å². The van der Waals surface area contributed by atoms with Gasteiger partial charge in [-0.1, -0.05) is 6.07 Å². The summed E-state index contributed by atoms with van der Waals surface area (Å²) in [5, 5.41) is 2.92. The summed E-state index contributed by atoms with van der Waals surface area (Å²) in [5.74, 6) is 2.69. The largest absolute Gasteiger partial charge is 0.454 e. The van der Waals surface area contributed by atoms with Crippen LogP contribution in [0.25, 0.3) is 0 Å². The number of nitrogens with one attached hydrogen (secondary N) is 1. The van der Waals surface area contributed by atoms with E-state index in [1.54, 1.807) is 6.07 Å². The van der Waals surface area contributed by atoms with Gasteiger partial charge in [0.15, 0.2) is 11.5 Å². The number of nitrogens with zero attached hydrogens (tertiary/aromatic N) is 3. The lowest BCUT2D eigenvalue weighted by Gasteiger charge is -2.28. The second kappa shape index (κ2) is 7.19. The Morgan fingerprint density at radius 1 is 1.12 bits per heavy atom. The van der Waals surface area contributed by atoms with E-state index in [2.05, 4.69) is 20.2 Å². The molecule has 1 N–H and O–H groups in total. The van der Waals surface area contributed by atoms with Crippen LogP contribution in [0.4, 0.5) is 5.82 Å². The summed E-state index contributed by atoms with van der Waals surface area (Å²) in [6.07, 6.45) is 3.58. The molecule has 1 saturated heterocycles. The van der Waals surface area contributed by atoms with E-state index < -0.39 is 0 Å². The van der Waals surface area contributed by atoms with Crippen molar-refractivity contribution in [3.8, 4) is 11.5 Å². The third-order valence-corrected chi connectivity index (χ3v) is 4.63. The maximum atomic E-state index is 12.6. The topological polar surface area (TPSA) is 76.6 Å². The van der Waals surface area contributed by atoms with Crippen molar-refractivity contribution >= 4 is 11.7 Å². The quantitative estimate of drug-likeness (QED) is 0.909. The summed E-state index contributed by atoms with van der Waals surface area (Å²) in [6.45, 7) is 4.42. The molecule has 2 aliphatic heterocycles. The first kappa shape index (κ1) is 16.6. The highest BCUT2D eigenvalue weighted by molar-refractivity contribution is 5.92.